The van der Waals surface area contributed by atoms with Gasteiger partial charge < -0.3 is 19.5 Å². The summed E-state index contributed by atoms with van der Waals surface area (Å²) in [5.74, 6) is -3.06. The number of pyridine rings is 1. The summed E-state index contributed by atoms with van der Waals surface area (Å²) >= 11 is 0. The quantitative estimate of drug-likeness (QED) is 0.384. The van der Waals surface area contributed by atoms with Crippen LogP contribution in [0.5, 0.6) is 17.4 Å². The summed E-state index contributed by atoms with van der Waals surface area (Å²) in [6.07, 6.45) is 1.81. The summed E-state index contributed by atoms with van der Waals surface area (Å²) in [7, 11) is 2.84. The van der Waals surface area contributed by atoms with Crippen LogP contribution in [0.15, 0.2) is 59.5 Å². The number of benzene rings is 2. The van der Waals surface area contributed by atoms with Crippen molar-refractivity contribution in [1.82, 2.24) is 19.4 Å². The van der Waals surface area contributed by atoms with Crippen molar-refractivity contribution < 1.29 is 28.2 Å². The summed E-state index contributed by atoms with van der Waals surface area (Å²) in [4.78, 5) is 37.6. The van der Waals surface area contributed by atoms with Crippen LogP contribution in [-0.2, 0) is 0 Å². The molecule has 0 spiro atoms. The van der Waals surface area contributed by atoms with Gasteiger partial charge in [-0.25, -0.2) is 8.78 Å². The molecule has 1 aliphatic heterocycles. The van der Waals surface area contributed by atoms with Gasteiger partial charge in [0.05, 0.1) is 14.2 Å². The Hall–Kier alpha value is -4.80. The number of aromatic hydroxyl groups is 1. The van der Waals surface area contributed by atoms with E-state index < -0.39 is 40.5 Å². The Morgan fingerprint density at radius 3 is 2.33 bits per heavy atom. The van der Waals surface area contributed by atoms with Crippen LogP contribution in [0.2, 0.25) is 0 Å². The Morgan fingerprint density at radius 2 is 1.70 bits per heavy atom. The number of aromatic nitrogens is 3. The van der Waals surface area contributed by atoms with Crippen molar-refractivity contribution in [2.45, 2.75) is 19.3 Å². The topological polar surface area (TPSA) is 107 Å². The van der Waals surface area contributed by atoms with Gasteiger partial charge in [0.2, 0.25) is 5.88 Å². The predicted molar refractivity (Wildman–Crippen MR) is 142 cm³/mol. The molecule has 1 saturated heterocycles. The maximum Gasteiger partial charge on any atom is 0.275 e. The zero-order valence-electron chi connectivity index (χ0n) is 22.0. The largest absolute Gasteiger partial charge is 0.494 e. The smallest absolute Gasteiger partial charge is 0.275 e. The predicted octanol–water partition coefficient (Wildman–Crippen LogP) is 4.23. The zero-order chi connectivity index (χ0) is 28.6. The Labute approximate surface area is 228 Å². The summed E-state index contributed by atoms with van der Waals surface area (Å²) in [5, 5.41) is 11.0. The molecule has 206 valence electrons. The van der Waals surface area contributed by atoms with Crippen molar-refractivity contribution in [3.05, 3.63) is 93.5 Å². The van der Waals surface area contributed by atoms with E-state index in [4.69, 9.17) is 9.47 Å². The maximum atomic E-state index is 14.4. The molecule has 1 fully saturated rings. The summed E-state index contributed by atoms with van der Waals surface area (Å²) in [5.41, 5.74) is -0.310. The summed E-state index contributed by atoms with van der Waals surface area (Å²) in [6, 6.07) is 11.8. The average molecular weight is 549 g/mol. The van der Waals surface area contributed by atoms with Crippen molar-refractivity contribution in [2.75, 3.05) is 27.3 Å². The van der Waals surface area contributed by atoms with E-state index in [1.807, 2.05) is 0 Å². The first kappa shape index (κ1) is 26.8. The third-order valence-electron chi connectivity index (χ3n) is 6.94. The number of carbonyl (C=O) groups is 1. The molecule has 0 radical (unpaired) electrons. The lowest BCUT2D eigenvalue weighted by Crippen LogP contribution is -2.36. The van der Waals surface area contributed by atoms with Crippen molar-refractivity contribution in [1.29, 1.82) is 0 Å². The second kappa shape index (κ2) is 10.8. The number of amides is 1. The number of aryl methyl sites for hydroxylation is 1. The lowest BCUT2D eigenvalue weighted by molar-refractivity contribution is 0.0784. The van der Waals surface area contributed by atoms with E-state index in [9.17, 15) is 23.5 Å². The molecule has 2 aromatic carbocycles. The molecule has 9 nitrogen and oxygen atoms in total. The minimum atomic E-state index is -0.870. The molecule has 0 saturated carbocycles. The van der Waals surface area contributed by atoms with Crippen LogP contribution in [0.25, 0.3) is 17.1 Å². The Balaban J connectivity index is 1.67. The molecule has 1 atom stereocenters. The highest BCUT2D eigenvalue weighted by molar-refractivity contribution is 5.96. The van der Waals surface area contributed by atoms with E-state index in [0.29, 0.717) is 11.3 Å². The van der Waals surface area contributed by atoms with Crippen LogP contribution in [0.4, 0.5) is 8.78 Å². The molecular weight excluding hydrogens is 522 g/mol. The molecule has 0 bridgehead atoms. The minimum Gasteiger partial charge on any atom is -0.494 e. The SMILES string of the molecule is COc1cccc(OC)c1-n1c(-c2ccnc(C)c2)nc(O)c(C(=O)N2CCC(c3c(F)cccc3F)C2)c1=O. The fourth-order valence-electron chi connectivity index (χ4n) is 5.07. The normalized spacial score (nSPS) is 14.8. The lowest BCUT2D eigenvalue weighted by Gasteiger charge is -2.21. The first-order chi connectivity index (χ1) is 19.2. The number of carbonyl (C=O) groups excluding carboxylic acids is 1. The van der Waals surface area contributed by atoms with Crippen LogP contribution in [0.1, 0.15) is 34.0 Å². The van der Waals surface area contributed by atoms with Crippen LogP contribution < -0.4 is 15.0 Å². The molecule has 1 aliphatic rings. The second-order valence-electron chi connectivity index (χ2n) is 9.34. The third-order valence-corrected chi connectivity index (χ3v) is 6.94. The molecule has 40 heavy (non-hydrogen) atoms. The van der Waals surface area contributed by atoms with Gasteiger partial charge in [-0.1, -0.05) is 12.1 Å². The third kappa shape index (κ3) is 4.63. The van der Waals surface area contributed by atoms with Gasteiger partial charge in [0.15, 0.2) is 11.4 Å². The molecule has 1 N–H and O–H groups in total. The number of nitrogens with zero attached hydrogens (tertiary/aromatic N) is 4. The highest BCUT2D eigenvalue weighted by Gasteiger charge is 2.35. The van der Waals surface area contributed by atoms with Crippen molar-refractivity contribution in [3.63, 3.8) is 0 Å². The standard InChI is InChI=1S/C29H26F2N4O5/c1-16-14-17(10-12-32-16)26-33-27(36)24(29(38)35(26)25-21(39-2)8-5-9-22(25)40-3)28(37)34-13-11-18(15-34)23-19(30)6-4-7-20(23)31/h4-10,12,14,18,36H,11,13,15H2,1-3H3. The number of rotatable bonds is 6. The van der Waals surface area contributed by atoms with E-state index in [1.165, 1.54) is 31.4 Å². The van der Waals surface area contributed by atoms with Crippen LogP contribution >= 0.6 is 0 Å². The van der Waals surface area contributed by atoms with Crippen LogP contribution in [0, 0.1) is 18.6 Å². The minimum absolute atomic E-state index is 0.0278. The number of methoxy groups -OCH3 is 2. The molecule has 1 unspecified atom stereocenters. The fraction of sp³-hybridized carbons (Fsp3) is 0.241. The van der Waals surface area contributed by atoms with Crippen molar-refractivity contribution in [3.8, 4) is 34.5 Å². The van der Waals surface area contributed by atoms with Crippen LogP contribution in [-0.4, -0.2) is 57.8 Å². The molecule has 3 heterocycles. The number of ether oxygens (including phenoxy) is 2. The number of halogens is 2. The first-order valence-corrected chi connectivity index (χ1v) is 12.5. The molecule has 11 heteroatoms. The van der Waals surface area contributed by atoms with Gasteiger partial charge in [0, 0.05) is 42.0 Å². The Kier molecular flexibility index (Phi) is 7.20. The van der Waals surface area contributed by atoms with Gasteiger partial charge in [-0.3, -0.25) is 19.1 Å². The van der Waals surface area contributed by atoms with E-state index in [-0.39, 0.29) is 48.1 Å². The maximum absolute atomic E-state index is 14.4. The Bertz CT molecular complexity index is 1630. The van der Waals surface area contributed by atoms with Gasteiger partial charge in [-0.15, -0.1) is 0 Å². The van der Waals surface area contributed by atoms with E-state index in [2.05, 4.69) is 9.97 Å². The molecule has 0 aliphatic carbocycles. The summed E-state index contributed by atoms with van der Waals surface area (Å²) < 4.78 is 41.0. The number of hydrogen-bond donors (Lipinski definition) is 1. The average Bonchev–Trinajstić information content (AvgIpc) is 3.42. The van der Waals surface area contributed by atoms with Crippen LogP contribution in [0.3, 0.4) is 0 Å². The monoisotopic (exact) mass is 548 g/mol. The molecular formula is C29H26F2N4O5. The zero-order valence-corrected chi connectivity index (χ0v) is 22.0. The van der Waals surface area contributed by atoms with Gasteiger partial charge in [-0.2, -0.15) is 4.98 Å². The lowest BCUT2D eigenvalue weighted by atomic mass is 9.97. The molecule has 5 rings (SSSR count). The van der Waals surface area contributed by atoms with E-state index >= 15 is 0 Å². The molecule has 2 aromatic heterocycles. The van der Waals surface area contributed by atoms with Gasteiger partial charge in [-0.05, 0) is 49.7 Å². The Morgan fingerprint density at radius 1 is 1.05 bits per heavy atom. The van der Waals surface area contributed by atoms with Crippen molar-refractivity contribution in [2.24, 2.45) is 0 Å². The first-order valence-electron chi connectivity index (χ1n) is 12.5. The second-order valence-corrected chi connectivity index (χ2v) is 9.34. The van der Waals surface area contributed by atoms with Gasteiger partial charge >= 0.3 is 0 Å². The number of likely N-dealkylation sites (tertiary alicyclic amines) is 1. The highest BCUT2D eigenvalue weighted by Crippen LogP contribution is 2.36. The van der Waals surface area contributed by atoms with Crippen molar-refractivity contribution >= 4 is 5.91 Å². The number of para-hydroxylation sites is 1. The fourth-order valence-corrected chi connectivity index (χ4v) is 5.07. The summed E-state index contributed by atoms with van der Waals surface area (Å²) in [6.45, 7) is 1.84. The highest BCUT2D eigenvalue weighted by atomic mass is 19.1. The van der Waals surface area contributed by atoms with E-state index in [1.54, 1.807) is 37.3 Å². The van der Waals surface area contributed by atoms with Gasteiger partial charge in [0.25, 0.3) is 11.5 Å². The van der Waals surface area contributed by atoms with Gasteiger partial charge in [0.1, 0.15) is 28.8 Å². The molecule has 4 aromatic rings. The van der Waals surface area contributed by atoms with E-state index in [0.717, 1.165) is 16.7 Å². The molecule has 1 amide bonds. The number of hydrogen-bond acceptors (Lipinski definition) is 7.